The third kappa shape index (κ3) is 4.09. The van der Waals surface area contributed by atoms with Gasteiger partial charge in [0, 0.05) is 48.8 Å². The Morgan fingerprint density at radius 1 is 1.18 bits per heavy atom. The number of morpholine rings is 1. The second-order valence-corrected chi connectivity index (χ2v) is 8.17. The quantitative estimate of drug-likeness (QED) is 0.829. The predicted molar refractivity (Wildman–Crippen MR) is 111 cm³/mol. The number of nitrogens with zero attached hydrogens (tertiary/aromatic N) is 3. The summed E-state index contributed by atoms with van der Waals surface area (Å²) in [7, 11) is 0. The molecule has 0 spiro atoms. The number of fused-ring (bicyclic) bond motifs is 1. The number of rotatable bonds is 6. The minimum absolute atomic E-state index is 0.240. The first-order chi connectivity index (χ1) is 13.6. The van der Waals surface area contributed by atoms with Crippen LogP contribution in [-0.4, -0.2) is 65.7 Å². The number of benzene rings is 1. The molecule has 0 saturated carbocycles. The van der Waals surface area contributed by atoms with Gasteiger partial charge < -0.3 is 15.0 Å². The molecule has 1 atom stereocenters. The smallest absolute Gasteiger partial charge is 0.237 e. The van der Waals surface area contributed by atoms with Crippen LogP contribution >= 0.6 is 0 Å². The van der Waals surface area contributed by atoms with Crippen molar-refractivity contribution in [1.82, 2.24) is 14.4 Å². The van der Waals surface area contributed by atoms with Crippen LogP contribution in [-0.2, 0) is 22.6 Å². The maximum atomic E-state index is 11.6. The molecule has 6 heteroatoms. The number of carbonyl (C=O) groups excluding carboxylic acids is 1. The first-order valence-corrected chi connectivity index (χ1v) is 10.5. The summed E-state index contributed by atoms with van der Waals surface area (Å²) in [5.41, 5.74) is 9.13. The molecule has 152 valence electrons. The van der Waals surface area contributed by atoms with E-state index in [4.69, 9.17) is 10.5 Å². The molecule has 0 bridgehead atoms. The van der Waals surface area contributed by atoms with E-state index >= 15 is 0 Å². The van der Waals surface area contributed by atoms with Crippen molar-refractivity contribution < 1.29 is 9.53 Å². The molecule has 2 aromatic rings. The van der Waals surface area contributed by atoms with Gasteiger partial charge in [0.25, 0.3) is 0 Å². The van der Waals surface area contributed by atoms with Crippen molar-refractivity contribution in [3.8, 4) is 0 Å². The number of likely N-dealkylation sites (tertiary alicyclic amines) is 1. The first-order valence-electron chi connectivity index (χ1n) is 10.5. The molecule has 2 saturated heterocycles. The minimum Gasteiger partial charge on any atom is -0.379 e. The zero-order chi connectivity index (χ0) is 19.5. The van der Waals surface area contributed by atoms with Crippen molar-refractivity contribution in [1.29, 1.82) is 0 Å². The lowest BCUT2D eigenvalue weighted by atomic mass is 9.99. The number of hydrogen-bond acceptors (Lipinski definition) is 4. The Labute approximate surface area is 167 Å². The van der Waals surface area contributed by atoms with E-state index in [0.29, 0.717) is 6.04 Å². The number of para-hydroxylation sites is 1. The highest BCUT2D eigenvalue weighted by Gasteiger charge is 2.27. The minimum atomic E-state index is -0.293. The number of ether oxygens (including phenoxy) is 1. The lowest BCUT2D eigenvalue weighted by Crippen LogP contribution is -2.49. The van der Waals surface area contributed by atoms with Crippen molar-refractivity contribution in [2.45, 2.75) is 45.3 Å². The highest BCUT2D eigenvalue weighted by molar-refractivity contribution is 5.87. The van der Waals surface area contributed by atoms with Gasteiger partial charge in [-0.15, -0.1) is 0 Å². The fraction of sp³-hybridized carbons (Fsp3) is 0.591. The summed E-state index contributed by atoms with van der Waals surface area (Å²) in [5, 5.41) is 1.25. The summed E-state index contributed by atoms with van der Waals surface area (Å²) < 4.78 is 7.59. The van der Waals surface area contributed by atoms with E-state index in [1.165, 1.54) is 30.2 Å². The van der Waals surface area contributed by atoms with Crippen molar-refractivity contribution in [2.24, 2.45) is 5.73 Å². The Morgan fingerprint density at radius 2 is 1.96 bits per heavy atom. The number of primary amides is 1. The van der Waals surface area contributed by atoms with E-state index in [1.807, 2.05) is 6.07 Å². The van der Waals surface area contributed by atoms with Crippen molar-refractivity contribution >= 4 is 16.8 Å². The van der Waals surface area contributed by atoms with E-state index < -0.39 is 0 Å². The third-order valence-corrected chi connectivity index (χ3v) is 6.36. The van der Waals surface area contributed by atoms with Gasteiger partial charge in [-0.05, 0) is 37.9 Å². The molecular weight excluding hydrogens is 352 g/mol. The average molecular weight is 385 g/mol. The van der Waals surface area contributed by atoms with E-state index in [2.05, 4.69) is 39.5 Å². The van der Waals surface area contributed by atoms with Gasteiger partial charge >= 0.3 is 0 Å². The van der Waals surface area contributed by atoms with E-state index in [9.17, 15) is 4.79 Å². The number of aromatic nitrogens is 1. The van der Waals surface area contributed by atoms with Crippen LogP contribution in [0.25, 0.3) is 10.9 Å². The Hall–Kier alpha value is -1.89. The molecule has 3 heterocycles. The Kier molecular flexibility index (Phi) is 5.99. The molecule has 2 fully saturated rings. The Morgan fingerprint density at radius 3 is 2.75 bits per heavy atom. The molecule has 1 amide bonds. The summed E-state index contributed by atoms with van der Waals surface area (Å²) in [5.74, 6) is -0.293. The van der Waals surface area contributed by atoms with Crippen LogP contribution in [0.3, 0.4) is 0 Å². The van der Waals surface area contributed by atoms with Crippen molar-refractivity contribution in [3.63, 3.8) is 0 Å². The van der Waals surface area contributed by atoms with Crippen molar-refractivity contribution in [3.05, 3.63) is 35.5 Å². The van der Waals surface area contributed by atoms with Crippen molar-refractivity contribution in [2.75, 3.05) is 39.4 Å². The third-order valence-electron chi connectivity index (χ3n) is 6.36. The zero-order valence-electron chi connectivity index (χ0n) is 16.9. The topological polar surface area (TPSA) is 63.7 Å². The second-order valence-electron chi connectivity index (χ2n) is 8.17. The van der Waals surface area contributed by atoms with Gasteiger partial charge in [0.15, 0.2) is 0 Å². The monoisotopic (exact) mass is 384 g/mol. The van der Waals surface area contributed by atoms with E-state index in [-0.39, 0.29) is 12.5 Å². The maximum absolute atomic E-state index is 11.6. The van der Waals surface area contributed by atoms with Gasteiger partial charge in [0.1, 0.15) is 6.54 Å². The lowest BCUT2D eigenvalue weighted by Gasteiger charge is -2.39. The Balaban J connectivity index is 1.58. The van der Waals surface area contributed by atoms with Crippen LogP contribution in [0.5, 0.6) is 0 Å². The Bertz CT molecular complexity index is 825. The van der Waals surface area contributed by atoms with Crippen LogP contribution in [0.1, 0.15) is 30.5 Å². The van der Waals surface area contributed by atoms with E-state index in [1.54, 1.807) is 0 Å². The molecule has 2 aliphatic heterocycles. The molecule has 2 aliphatic rings. The van der Waals surface area contributed by atoms with Gasteiger partial charge in [-0.2, -0.15) is 0 Å². The molecule has 1 aromatic heterocycles. The number of hydrogen-bond donors (Lipinski definition) is 1. The zero-order valence-corrected chi connectivity index (χ0v) is 16.9. The van der Waals surface area contributed by atoms with Gasteiger partial charge in [0.05, 0.1) is 13.2 Å². The van der Waals surface area contributed by atoms with Gasteiger partial charge in [-0.25, -0.2) is 0 Å². The van der Waals surface area contributed by atoms with Crippen LogP contribution in [0.4, 0.5) is 0 Å². The van der Waals surface area contributed by atoms with Gasteiger partial charge in [-0.3, -0.25) is 14.6 Å². The van der Waals surface area contributed by atoms with Gasteiger partial charge in [-0.1, -0.05) is 24.6 Å². The number of carbonyl (C=O) groups is 1. The summed E-state index contributed by atoms with van der Waals surface area (Å²) >= 11 is 0. The van der Waals surface area contributed by atoms with Crippen LogP contribution in [0.15, 0.2) is 24.3 Å². The van der Waals surface area contributed by atoms with Crippen LogP contribution in [0.2, 0.25) is 0 Å². The largest absolute Gasteiger partial charge is 0.379 e. The maximum Gasteiger partial charge on any atom is 0.237 e. The molecule has 6 nitrogen and oxygen atoms in total. The van der Waals surface area contributed by atoms with Crippen LogP contribution in [0, 0.1) is 6.92 Å². The normalized spacial score (nSPS) is 22.0. The van der Waals surface area contributed by atoms with E-state index in [0.717, 1.165) is 57.1 Å². The number of nitrogens with two attached hydrogens (primary N) is 1. The summed E-state index contributed by atoms with van der Waals surface area (Å²) in [6.07, 6.45) is 3.84. The molecule has 1 aromatic carbocycles. The average Bonchev–Trinajstić information content (AvgIpc) is 2.96. The first kappa shape index (κ1) is 19.4. The highest BCUT2D eigenvalue weighted by Crippen LogP contribution is 2.29. The fourth-order valence-corrected chi connectivity index (χ4v) is 4.82. The molecule has 28 heavy (non-hydrogen) atoms. The lowest BCUT2D eigenvalue weighted by molar-refractivity contribution is -0.118. The summed E-state index contributed by atoms with van der Waals surface area (Å²) in [6.45, 7) is 9.36. The summed E-state index contributed by atoms with van der Waals surface area (Å²) in [4.78, 5) is 16.8. The SMILES string of the molecule is Cc1c(CN2CCCC[C@H]2CN2CCOCC2)c2ccccc2n1CC(N)=O. The molecule has 0 aliphatic carbocycles. The fourth-order valence-electron chi connectivity index (χ4n) is 4.82. The number of piperidine rings is 1. The molecule has 0 radical (unpaired) electrons. The molecule has 0 unspecified atom stereocenters. The number of amides is 1. The summed E-state index contributed by atoms with van der Waals surface area (Å²) in [6, 6.07) is 8.98. The molecule has 2 N–H and O–H groups in total. The molecule has 4 rings (SSSR count). The van der Waals surface area contributed by atoms with Gasteiger partial charge in [0.2, 0.25) is 5.91 Å². The standard InChI is InChI=1S/C22H32N4O2/c1-17-20(19-7-2-3-8-21(19)26(17)16-22(23)27)15-25-9-5-4-6-18(25)14-24-10-12-28-13-11-24/h2-3,7-8,18H,4-6,9-16H2,1H3,(H2,23,27)/t18-/m0/s1. The predicted octanol–water partition coefficient (Wildman–Crippen LogP) is 2.12. The second kappa shape index (κ2) is 8.64. The molecular formula is C22H32N4O2. The highest BCUT2D eigenvalue weighted by atomic mass is 16.5. The van der Waals surface area contributed by atoms with Crippen LogP contribution < -0.4 is 5.73 Å².